The normalized spacial score (nSPS) is 52.2. The van der Waals surface area contributed by atoms with Crippen molar-refractivity contribution in [2.45, 2.75) is 30.5 Å². The van der Waals surface area contributed by atoms with Gasteiger partial charge in [-0.3, -0.25) is 0 Å². The standard InChI is InChI=1S/C7H14FNO4/c8-3-2(1-10)5(11)7(13)4(9)6(3)12/h2-7,10-13H,1,9H2/t2-,3-,4+,5-,6+,7-/m1/s1. The van der Waals surface area contributed by atoms with Crippen molar-refractivity contribution in [1.29, 1.82) is 0 Å². The predicted molar refractivity (Wildman–Crippen MR) is 41.5 cm³/mol. The average Bonchev–Trinajstić information content (AvgIpc) is 2.13. The zero-order valence-electron chi connectivity index (χ0n) is 6.92. The highest BCUT2D eigenvalue weighted by atomic mass is 19.1. The lowest BCUT2D eigenvalue weighted by molar-refractivity contribution is -0.144. The summed E-state index contributed by atoms with van der Waals surface area (Å²) in [6.45, 7) is -0.636. The van der Waals surface area contributed by atoms with Gasteiger partial charge in [-0.2, -0.15) is 0 Å². The first-order chi connectivity index (χ1) is 6.00. The Hall–Kier alpha value is -0.270. The summed E-state index contributed by atoms with van der Waals surface area (Å²) < 4.78 is 13.2. The second-order valence-corrected chi connectivity index (χ2v) is 3.34. The van der Waals surface area contributed by atoms with Gasteiger partial charge in [-0.15, -0.1) is 0 Å². The lowest BCUT2D eigenvalue weighted by atomic mass is 9.79. The van der Waals surface area contributed by atoms with E-state index >= 15 is 0 Å². The highest BCUT2D eigenvalue weighted by molar-refractivity contribution is 5.00. The van der Waals surface area contributed by atoms with Crippen molar-refractivity contribution in [2.24, 2.45) is 11.7 Å². The van der Waals surface area contributed by atoms with Crippen LogP contribution in [-0.4, -0.2) is 57.6 Å². The first kappa shape index (κ1) is 10.8. The van der Waals surface area contributed by atoms with Gasteiger partial charge in [0.2, 0.25) is 0 Å². The van der Waals surface area contributed by atoms with Gasteiger partial charge in [0, 0.05) is 5.92 Å². The van der Waals surface area contributed by atoms with Gasteiger partial charge in [0.05, 0.1) is 24.9 Å². The summed E-state index contributed by atoms with van der Waals surface area (Å²) >= 11 is 0. The maximum absolute atomic E-state index is 13.2. The number of alkyl halides is 1. The average molecular weight is 195 g/mol. The molecule has 0 bridgehead atoms. The maximum atomic E-state index is 13.2. The van der Waals surface area contributed by atoms with Crippen molar-refractivity contribution >= 4 is 0 Å². The summed E-state index contributed by atoms with van der Waals surface area (Å²) in [5.41, 5.74) is 5.24. The molecular weight excluding hydrogens is 181 g/mol. The molecule has 0 unspecified atom stereocenters. The van der Waals surface area contributed by atoms with Crippen molar-refractivity contribution < 1.29 is 24.8 Å². The van der Waals surface area contributed by atoms with Crippen LogP contribution in [0.15, 0.2) is 0 Å². The second-order valence-electron chi connectivity index (χ2n) is 3.34. The molecule has 0 spiro atoms. The Labute approximate surface area is 74.6 Å². The van der Waals surface area contributed by atoms with Crippen LogP contribution in [0.2, 0.25) is 0 Å². The van der Waals surface area contributed by atoms with E-state index in [4.69, 9.17) is 15.9 Å². The van der Waals surface area contributed by atoms with Crippen LogP contribution in [-0.2, 0) is 0 Å². The molecule has 0 aromatic carbocycles. The fourth-order valence-corrected chi connectivity index (χ4v) is 1.55. The van der Waals surface area contributed by atoms with Gasteiger partial charge in [-0.1, -0.05) is 0 Å². The second kappa shape index (κ2) is 3.85. The van der Waals surface area contributed by atoms with E-state index in [1.807, 2.05) is 0 Å². The van der Waals surface area contributed by atoms with E-state index in [1.165, 1.54) is 0 Å². The zero-order chi connectivity index (χ0) is 10.2. The zero-order valence-corrected chi connectivity index (χ0v) is 6.92. The van der Waals surface area contributed by atoms with Gasteiger partial charge in [-0.05, 0) is 0 Å². The molecule has 1 aliphatic carbocycles. The molecular formula is C7H14FNO4. The quantitative estimate of drug-likeness (QED) is 0.314. The fourth-order valence-electron chi connectivity index (χ4n) is 1.55. The molecule has 6 atom stereocenters. The minimum absolute atomic E-state index is 0.636. The SMILES string of the molecule is N[C@@H]1[C@@H](O)[C@H](O)[C@H](CO)[C@@H](F)[C@@H]1O. The monoisotopic (exact) mass is 195 g/mol. The largest absolute Gasteiger partial charge is 0.396 e. The molecule has 0 amide bonds. The number of halogens is 1. The van der Waals surface area contributed by atoms with Gasteiger partial charge < -0.3 is 26.2 Å². The molecule has 6 heteroatoms. The molecule has 13 heavy (non-hydrogen) atoms. The molecule has 1 fully saturated rings. The Morgan fingerprint density at radius 2 is 1.62 bits per heavy atom. The summed E-state index contributed by atoms with van der Waals surface area (Å²) in [6.07, 6.45) is -6.19. The highest BCUT2D eigenvalue weighted by Crippen LogP contribution is 2.27. The van der Waals surface area contributed by atoms with Crippen LogP contribution in [0.1, 0.15) is 0 Å². The molecule has 0 saturated heterocycles. The van der Waals surface area contributed by atoms with E-state index in [0.717, 1.165) is 0 Å². The Balaban J connectivity index is 2.79. The topological polar surface area (TPSA) is 107 Å². The molecule has 6 N–H and O–H groups in total. The molecule has 0 aliphatic heterocycles. The smallest absolute Gasteiger partial charge is 0.135 e. The first-order valence-corrected chi connectivity index (χ1v) is 4.05. The maximum Gasteiger partial charge on any atom is 0.135 e. The molecule has 0 heterocycles. The Bertz CT molecular complexity index is 166. The summed E-state index contributed by atoms with van der Waals surface area (Å²) in [6, 6.07) is -1.22. The minimum Gasteiger partial charge on any atom is -0.396 e. The first-order valence-electron chi connectivity index (χ1n) is 4.05. The van der Waals surface area contributed by atoms with Gasteiger partial charge in [0.1, 0.15) is 12.3 Å². The molecule has 1 rings (SSSR count). The van der Waals surface area contributed by atoms with Crippen LogP contribution in [0.4, 0.5) is 4.39 Å². The third kappa shape index (κ3) is 1.68. The minimum atomic E-state index is -1.81. The summed E-state index contributed by atoms with van der Waals surface area (Å²) in [7, 11) is 0. The summed E-state index contributed by atoms with van der Waals surface area (Å²) in [5, 5.41) is 36.3. The van der Waals surface area contributed by atoms with Crippen molar-refractivity contribution in [3.05, 3.63) is 0 Å². The summed E-state index contributed by atoms with van der Waals surface area (Å²) in [5.74, 6) is -1.18. The molecule has 78 valence electrons. The summed E-state index contributed by atoms with van der Waals surface area (Å²) in [4.78, 5) is 0. The number of aliphatic hydroxyl groups is 4. The Morgan fingerprint density at radius 1 is 1.08 bits per heavy atom. The van der Waals surface area contributed by atoms with Crippen LogP contribution in [0, 0.1) is 5.92 Å². The molecule has 0 aromatic rings. The number of nitrogens with two attached hydrogens (primary N) is 1. The van der Waals surface area contributed by atoms with Crippen LogP contribution in [0.5, 0.6) is 0 Å². The lowest BCUT2D eigenvalue weighted by Gasteiger charge is -2.40. The van der Waals surface area contributed by atoms with E-state index < -0.39 is 43.1 Å². The van der Waals surface area contributed by atoms with E-state index in [1.54, 1.807) is 0 Å². The number of rotatable bonds is 1. The Kier molecular flexibility index (Phi) is 3.20. The third-order valence-corrected chi connectivity index (χ3v) is 2.52. The molecule has 1 saturated carbocycles. The van der Waals surface area contributed by atoms with E-state index in [2.05, 4.69) is 0 Å². The van der Waals surface area contributed by atoms with Crippen molar-refractivity contribution in [3.63, 3.8) is 0 Å². The van der Waals surface area contributed by atoms with E-state index in [0.29, 0.717) is 0 Å². The van der Waals surface area contributed by atoms with E-state index in [9.17, 15) is 14.6 Å². The fraction of sp³-hybridized carbons (Fsp3) is 1.00. The third-order valence-electron chi connectivity index (χ3n) is 2.52. The van der Waals surface area contributed by atoms with Crippen LogP contribution < -0.4 is 5.73 Å². The number of hydrogen-bond acceptors (Lipinski definition) is 5. The van der Waals surface area contributed by atoms with Gasteiger partial charge in [-0.25, -0.2) is 4.39 Å². The molecule has 1 aliphatic rings. The van der Waals surface area contributed by atoms with Crippen LogP contribution >= 0.6 is 0 Å². The Morgan fingerprint density at radius 3 is 2.08 bits per heavy atom. The van der Waals surface area contributed by atoms with Gasteiger partial charge in [0.25, 0.3) is 0 Å². The number of hydrogen-bond donors (Lipinski definition) is 5. The lowest BCUT2D eigenvalue weighted by Crippen LogP contribution is -2.63. The molecule has 5 nitrogen and oxygen atoms in total. The molecule has 0 radical (unpaired) electrons. The highest BCUT2D eigenvalue weighted by Gasteiger charge is 2.47. The van der Waals surface area contributed by atoms with Crippen molar-refractivity contribution in [1.82, 2.24) is 0 Å². The van der Waals surface area contributed by atoms with Crippen LogP contribution in [0.3, 0.4) is 0 Å². The van der Waals surface area contributed by atoms with Crippen LogP contribution in [0.25, 0.3) is 0 Å². The van der Waals surface area contributed by atoms with E-state index in [-0.39, 0.29) is 0 Å². The predicted octanol–water partition coefficient (Wildman–Crippen LogP) is -2.64. The van der Waals surface area contributed by atoms with Gasteiger partial charge >= 0.3 is 0 Å². The van der Waals surface area contributed by atoms with Crippen molar-refractivity contribution in [3.8, 4) is 0 Å². The van der Waals surface area contributed by atoms with Gasteiger partial charge in [0.15, 0.2) is 0 Å². The number of aliphatic hydroxyl groups excluding tert-OH is 4. The van der Waals surface area contributed by atoms with Crippen molar-refractivity contribution in [2.75, 3.05) is 6.61 Å². The molecule has 0 aromatic heterocycles.